The van der Waals surface area contributed by atoms with E-state index < -0.39 is 5.41 Å². The van der Waals surface area contributed by atoms with Crippen LogP contribution in [0.5, 0.6) is 23.0 Å². The van der Waals surface area contributed by atoms with Gasteiger partial charge in [-0.25, -0.2) is 0 Å². The van der Waals surface area contributed by atoms with E-state index in [1.807, 2.05) is 84.9 Å². The molecule has 0 aliphatic rings. The summed E-state index contributed by atoms with van der Waals surface area (Å²) in [5.41, 5.74) is 17.1. The minimum atomic E-state index is -0.581. The molecule has 4 nitrogen and oxygen atoms in total. The van der Waals surface area contributed by atoms with Crippen LogP contribution in [0.15, 0.2) is 158 Å². The number of nitrogen functional groups attached to an aromatic ring is 2. The van der Waals surface area contributed by atoms with Crippen molar-refractivity contribution in [2.24, 2.45) is 0 Å². The molecule has 0 aliphatic carbocycles. The molecule has 0 spiro atoms. The SMILES string of the molecule is Nc1ccc(Oc2ccc(C(c3ccccc3)(c3ccccc3)c3ccc(Oc4ccc(N)cc4)cc3)cc2)cc1. The van der Waals surface area contributed by atoms with E-state index in [-0.39, 0.29) is 0 Å². The quantitative estimate of drug-likeness (QED) is 0.151. The number of nitrogens with two attached hydrogens (primary N) is 2. The molecule has 0 heterocycles. The molecule has 0 atom stereocenters. The smallest absolute Gasteiger partial charge is 0.127 e. The molecule has 4 heteroatoms. The van der Waals surface area contributed by atoms with Crippen molar-refractivity contribution in [2.75, 3.05) is 11.5 Å². The zero-order valence-electron chi connectivity index (χ0n) is 22.5. The number of benzene rings is 6. The van der Waals surface area contributed by atoms with Crippen LogP contribution in [0, 0.1) is 0 Å². The monoisotopic (exact) mass is 534 g/mol. The van der Waals surface area contributed by atoms with E-state index in [2.05, 4.69) is 72.8 Å². The van der Waals surface area contributed by atoms with Gasteiger partial charge in [-0.15, -0.1) is 0 Å². The van der Waals surface area contributed by atoms with Gasteiger partial charge in [0.25, 0.3) is 0 Å². The Balaban J connectivity index is 1.45. The van der Waals surface area contributed by atoms with Crippen molar-refractivity contribution >= 4 is 11.4 Å². The highest BCUT2D eigenvalue weighted by molar-refractivity contribution is 5.61. The average Bonchev–Trinajstić information content (AvgIpc) is 3.02. The Morgan fingerprint density at radius 1 is 0.317 bits per heavy atom. The standard InChI is InChI=1S/C37H30N2O2/c38-31-15-23-35(24-16-31)40-33-19-11-29(12-20-33)37(27-7-3-1-4-8-27,28-9-5-2-6-10-28)30-13-21-34(22-14-30)41-36-25-17-32(39)18-26-36/h1-26H,38-39H2. The first-order valence-electron chi connectivity index (χ1n) is 13.5. The third-order valence-electron chi connectivity index (χ3n) is 7.22. The largest absolute Gasteiger partial charge is 0.457 e. The summed E-state index contributed by atoms with van der Waals surface area (Å²) in [6.45, 7) is 0. The molecular weight excluding hydrogens is 504 g/mol. The number of ether oxygens (including phenoxy) is 2. The lowest BCUT2D eigenvalue weighted by molar-refractivity contribution is 0.482. The number of hydrogen-bond acceptors (Lipinski definition) is 4. The molecule has 6 aromatic rings. The molecule has 0 aromatic heterocycles. The minimum absolute atomic E-state index is 0.581. The number of anilines is 2. The van der Waals surface area contributed by atoms with E-state index in [4.69, 9.17) is 20.9 Å². The Morgan fingerprint density at radius 3 is 0.902 bits per heavy atom. The normalized spacial score (nSPS) is 11.1. The molecule has 41 heavy (non-hydrogen) atoms. The van der Waals surface area contributed by atoms with E-state index in [1.165, 1.54) is 0 Å². The van der Waals surface area contributed by atoms with E-state index in [0.717, 1.165) is 45.3 Å². The van der Waals surface area contributed by atoms with Gasteiger partial charge >= 0.3 is 0 Å². The van der Waals surface area contributed by atoms with Gasteiger partial charge in [0.05, 0.1) is 5.41 Å². The van der Waals surface area contributed by atoms with Crippen LogP contribution in [0.1, 0.15) is 22.3 Å². The highest BCUT2D eigenvalue weighted by atomic mass is 16.5. The van der Waals surface area contributed by atoms with Crippen molar-refractivity contribution < 1.29 is 9.47 Å². The van der Waals surface area contributed by atoms with Gasteiger partial charge in [0.15, 0.2) is 0 Å². The zero-order chi connectivity index (χ0) is 28.1. The summed E-state index contributed by atoms with van der Waals surface area (Å²) < 4.78 is 12.2. The highest BCUT2D eigenvalue weighted by Gasteiger charge is 2.38. The fourth-order valence-corrected chi connectivity index (χ4v) is 5.27. The van der Waals surface area contributed by atoms with Crippen LogP contribution in [0.2, 0.25) is 0 Å². The Labute approximate surface area is 240 Å². The lowest BCUT2D eigenvalue weighted by atomic mass is 9.65. The average molecular weight is 535 g/mol. The first-order chi connectivity index (χ1) is 20.1. The van der Waals surface area contributed by atoms with Crippen LogP contribution in [0.25, 0.3) is 0 Å². The van der Waals surface area contributed by atoms with E-state index >= 15 is 0 Å². The van der Waals surface area contributed by atoms with Gasteiger partial charge in [0, 0.05) is 11.4 Å². The molecule has 0 saturated carbocycles. The summed E-state index contributed by atoms with van der Waals surface area (Å²) in [5, 5.41) is 0. The van der Waals surface area contributed by atoms with E-state index in [1.54, 1.807) is 0 Å². The second kappa shape index (κ2) is 11.3. The Kier molecular flexibility index (Phi) is 7.12. The van der Waals surface area contributed by atoms with Crippen molar-refractivity contribution in [1.82, 2.24) is 0 Å². The Morgan fingerprint density at radius 2 is 0.585 bits per heavy atom. The van der Waals surface area contributed by atoms with Crippen LogP contribution in [0.4, 0.5) is 11.4 Å². The molecule has 0 fully saturated rings. The second-order valence-electron chi connectivity index (χ2n) is 9.87. The van der Waals surface area contributed by atoms with Gasteiger partial charge in [-0.1, -0.05) is 84.9 Å². The van der Waals surface area contributed by atoms with Gasteiger partial charge in [0.1, 0.15) is 23.0 Å². The molecule has 0 amide bonds. The fraction of sp³-hybridized carbons (Fsp3) is 0.0270. The van der Waals surface area contributed by atoms with E-state index in [0.29, 0.717) is 11.4 Å². The van der Waals surface area contributed by atoms with Crippen molar-refractivity contribution in [3.05, 3.63) is 180 Å². The molecule has 0 unspecified atom stereocenters. The van der Waals surface area contributed by atoms with Crippen LogP contribution in [-0.2, 0) is 5.41 Å². The Bertz CT molecular complexity index is 1570. The summed E-state index contributed by atoms with van der Waals surface area (Å²) >= 11 is 0. The summed E-state index contributed by atoms with van der Waals surface area (Å²) in [7, 11) is 0. The predicted molar refractivity (Wildman–Crippen MR) is 167 cm³/mol. The lowest BCUT2D eigenvalue weighted by Gasteiger charge is -2.37. The van der Waals surface area contributed by atoms with Crippen LogP contribution < -0.4 is 20.9 Å². The predicted octanol–water partition coefficient (Wildman–Crippen LogP) is 8.82. The van der Waals surface area contributed by atoms with Gasteiger partial charge in [-0.3, -0.25) is 0 Å². The maximum atomic E-state index is 6.12. The molecular formula is C37H30N2O2. The van der Waals surface area contributed by atoms with Crippen LogP contribution in [-0.4, -0.2) is 0 Å². The van der Waals surface area contributed by atoms with Gasteiger partial charge < -0.3 is 20.9 Å². The topological polar surface area (TPSA) is 70.5 Å². The summed E-state index contributed by atoms with van der Waals surface area (Å²) in [6, 6.07) is 52.7. The third-order valence-corrected chi connectivity index (χ3v) is 7.22. The van der Waals surface area contributed by atoms with Crippen LogP contribution in [0.3, 0.4) is 0 Å². The van der Waals surface area contributed by atoms with Crippen molar-refractivity contribution in [2.45, 2.75) is 5.41 Å². The van der Waals surface area contributed by atoms with Crippen LogP contribution >= 0.6 is 0 Å². The maximum absolute atomic E-state index is 6.12. The van der Waals surface area contributed by atoms with Gasteiger partial charge in [0.2, 0.25) is 0 Å². The number of rotatable bonds is 8. The molecule has 0 saturated heterocycles. The molecule has 0 bridgehead atoms. The fourth-order valence-electron chi connectivity index (χ4n) is 5.27. The van der Waals surface area contributed by atoms with Crippen molar-refractivity contribution in [1.29, 1.82) is 0 Å². The summed E-state index contributed by atoms with van der Waals surface area (Å²) in [5.74, 6) is 2.98. The van der Waals surface area contributed by atoms with Crippen molar-refractivity contribution in [3.8, 4) is 23.0 Å². The Hall–Kier alpha value is -5.48. The molecule has 6 rings (SSSR count). The second-order valence-corrected chi connectivity index (χ2v) is 9.87. The molecule has 200 valence electrons. The summed E-state index contributed by atoms with van der Waals surface area (Å²) in [6.07, 6.45) is 0. The molecule has 0 aliphatic heterocycles. The highest BCUT2D eigenvalue weighted by Crippen LogP contribution is 2.46. The lowest BCUT2D eigenvalue weighted by Crippen LogP contribution is -2.30. The van der Waals surface area contributed by atoms with Gasteiger partial charge in [-0.05, 0) is 95.1 Å². The first kappa shape index (κ1) is 25.8. The first-order valence-corrected chi connectivity index (χ1v) is 13.5. The minimum Gasteiger partial charge on any atom is -0.457 e. The molecule has 4 N–H and O–H groups in total. The third kappa shape index (κ3) is 5.36. The van der Waals surface area contributed by atoms with E-state index in [9.17, 15) is 0 Å². The summed E-state index contributed by atoms with van der Waals surface area (Å²) in [4.78, 5) is 0. The molecule has 6 aromatic carbocycles. The zero-order valence-corrected chi connectivity index (χ0v) is 22.5. The van der Waals surface area contributed by atoms with Crippen molar-refractivity contribution in [3.63, 3.8) is 0 Å². The number of hydrogen-bond donors (Lipinski definition) is 2. The van der Waals surface area contributed by atoms with Gasteiger partial charge in [-0.2, -0.15) is 0 Å². The molecule has 0 radical (unpaired) electrons. The maximum Gasteiger partial charge on any atom is 0.127 e.